The number of aromatic amines is 1. The van der Waals surface area contributed by atoms with Crippen LogP contribution in [0.15, 0.2) is 6.20 Å². The van der Waals surface area contributed by atoms with Crippen LogP contribution < -0.4 is 10.1 Å². The van der Waals surface area contributed by atoms with E-state index in [1.165, 1.54) is 13.3 Å². The molecule has 6 heteroatoms. The fraction of sp³-hybridized carbons (Fsp3) is 0.500. The van der Waals surface area contributed by atoms with Crippen molar-refractivity contribution in [2.24, 2.45) is 0 Å². The second kappa shape index (κ2) is 3.67. The zero-order valence-corrected chi connectivity index (χ0v) is 7.74. The molecule has 0 saturated carbocycles. The molecule has 0 aliphatic carbocycles. The zero-order valence-electron chi connectivity index (χ0n) is 7.74. The average molecular weight is 197 g/mol. The van der Waals surface area contributed by atoms with Crippen molar-refractivity contribution in [3.63, 3.8) is 0 Å². The third-order valence-electron chi connectivity index (χ3n) is 2.04. The highest BCUT2D eigenvalue weighted by Gasteiger charge is 2.23. The molecule has 0 aromatic carbocycles. The van der Waals surface area contributed by atoms with Crippen molar-refractivity contribution in [2.75, 3.05) is 20.2 Å². The Hall–Kier alpha value is -1.56. The summed E-state index contributed by atoms with van der Waals surface area (Å²) in [7, 11) is 1.32. The number of rotatable bonds is 3. The maximum Gasteiger partial charge on any atom is 0.345 e. The Bertz CT molecular complexity index is 332. The third kappa shape index (κ3) is 1.56. The molecule has 2 heterocycles. The van der Waals surface area contributed by atoms with Crippen molar-refractivity contribution >= 4 is 5.97 Å². The summed E-state index contributed by atoms with van der Waals surface area (Å²) in [6.07, 6.45) is 1.51. The van der Waals surface area contributed by atoms with Crippen LogP contribution >= 0.6 is 0 Å². The van der Waals surface area contributed by atoms with Crippen LogP contribution in [-0.4, -0.2) is 42.5 Å². The average Bonchev–Trinajstić information content (AvgIpc) is 2.58. The van der Waals surface area contributed by atoms with Gasteiger partial charge in [-0.1, -0.05) is 0 Å². The largest absolute Gasteiger partial charge is 0.471 e. The molecular formula is C8H11N3O3. The highest BCUT2D eigenvalue weighted by Crippen LogP contribution is 2.17. The molecule has 76 valence electrons. The van der Waals surface area contributed by atoms with Crippen molar-refractivity contribution in [3.05, 3.63) is 11.8 Å². The minimum atomic E-state index is -0.443. The number of hydrogen-bond acceptors (Lipinski definition) is 5. The Morgan fingerprint density at radius 2 is 2.43 bits per heavy atom. The van der Waals surface area contributed by atoms with Crippen LogP contribution in [0.4, 0.5) is 0 Å². The van der Waals surface area contributed by atoms with E-state index in [9.17, 15) is 4.79 Å². The molecule has 0 radical (unpaired) electrons. The van der Waals surface area contributed by atoms with Gasteiger partial charge in [-0.05, 0) is 0 Å². The normalized spacial score (nSPS) is 16.1. The summed E-state index contributed by atoms with van der Waals surface area (Å²) in [5.41, 5.74) is 0.333. The van der Waals surface area contributed by atoms with Gasteiger partial charge in [0.2, 0.25) is 5.88 Å². The van der Waals surface area contributed by atoms with Crippen LogP contribution in [0.3, 0.4) is 0 Å². The number of nitrogens with zero attached hydrogens (tertiary/aromatic N) is 1. The predicted octanol–water partition coefficient (Wildman–Crippen LogP) is -0.453. The predicted molar refractivity (Wildman–Crippen MR) is 47.2 cm³/mol. The third-order valence-corrected chi connectivity index (χ3v) is 2.04. The molecule has 0 unspecified atom stereocenters. The molecule has 0 spiro atoms. The zero-order chi connectivity index (χ0) is 9.97. The van der Waals surface area contributed by atoms with Crippen LogP contribution in [0.2, 0.25) is 0 Å². The number of carbonyl (C=O) groups excluding carboxylic acids is 1. The van der Waals surface area contributed by atoms with E-state index in [1.807, 2.05) is 0 Å². The Kier molecular flexibility index (Phi) is 2.36. The molecule has 0 bridgehead atoms. The molecule has 1 fully saturated rings. The van der Waals surface area contributed by atoms with Gasteiger partial charge in [-0.3, -0.25) is 0 Å². The van der Waals surface area contributed by atoms with Gasteiger partial charge in [-0.2, -0.15) is 5.10 Å². The SMILES string of the molecule is COC(=O)c1cn[nH]c1OC1CNC1. The molecule has 1 aromatic heterocycles. The van der Waals surface area contributed by atoms with Gasteiger partial charge in [0.25, 0.3) is 0 Å². The number of nitrogens with one attached hydrogen (secondary N) is 2. The van der Waals surface area contributed by atoms with Gasteiger partial charge in [0.1, 0.15) is 11.7 Å². The van der Waals surface area contributed by atoms with E-state index in [0.29, 0.717) is 11.4 Å². The number of methoxy groups -OCH3 is 1. The molecule has 1 aromatic rings. The van der Waals surface area contributed by atoms with Crippen molar-refractivity contribution in [3.8, 4) is 5.88 Å². The second-order valence-corrected chi connectivity index (χ2v) is 3.00. The van der Waals surface area contributed by atoms with Crippen LogP contribution in [0.1, 0.15) is 10.4 Å². The molecule has 1 aliphatic rings. The Labute approximate surface area is 80.6 Å². The van der Waals surface area contributed by atoms with Gasteiger partial charge in [0, 0.05) is 13.1 Å². The van der Waals surface area contributed by atoms with E-state index in [1.54, 1.807) is 0 Å². The molecule has 1 saturated heterocycles. The van der Waals surface area contributed by atoms with Gasteiger partial charge in [0.15, 0.2) is 0 Å². The minimum absolute atomic E-state index is 0.110. The first-order chi connectivity index (χ1) is 6.81. The van der Waals surface area contributed by atoms with Gasteiger partial charge in [-0.15, -0.1) is 0 Å². The van der Waals surface area contributed by atoms with Crippen molar-refractivity contribution < 1.29 is 14.3 Å². The van der Waals surface area contributed by atoms with E-state index in [4.69, 9.17) is 4.74 Å². The van der Waals surface area contributed by atoms with Gasteiger partial charge in [-0.25, -0.2) is 9.89 Å². The van der Waals surface area contributed by atoms with Crippen LogP contribution in [0, 0.1) is 0 Å². The molecule has 1 aliphatic heterocycles. The van der Waals surface area contributed by atoms with Crippen LogP contribution in [0.25, 0.3) is 0 Å². The summed E-state index contributed by atoms with van der Waals surface area (Å²) < 4.78 is 10.0. The lowest BCUT2D eigenvalue weighted by atomic mass is 10.2. The lowest BCUT2D eigenvalue weighted by Gasteiger charge is -2.27. The number of esters is 1. The van der Waals surface area contributed by atoms with Crippen LogP contribution in [0.5, 0.6) is 5.88 Å². The molecule has 6 nitrogen and oxygen atoms in total. The van der Waals surface area contributed by atoms with Crippen molar-refractivity contribution in [2.45, 2.75) is 6.10 Å². The smallest absolute Gasteiger partial charge is 0.345 e. The lowest BCUT2D eigenvalue weighted by Crippen LogP contribution is -2.50. The first-order valence-corrected chi connectivity index (χ1v) is 4.30. The molecule has 14 heavy (non-hydrogen) atoms. The number of H-pyrrole nitrogens is 1. The highest BCUT2D eigenvalue weighted by molar-refractivity contribution is 5.91. The summed E-state index contributed by atoms with van der Waals surface area (Å²) >= 11 is 0. The monoisotopic (exact) mass is 197 g/mol. The van der Waals surface area contributed by atoms with Crippen molar-refractivity contribution in [1.29, 1.82) is 0 Å². The Morgan fingerprint density at radius 1 is 1.64 bits per heavy atom. The molecular weight excluding hydrogens is 186 g/mol. The first kappa shape index (κ1) is 9.01. The van der Waals surface area contributed by atoms with Gasteiger partial charge in [0.05, 0.1) is 13.3 Å². The summed E-state index contributed by atoms with van der Waals surface area (Å²) in [5.74, 6) is -0.0654. The van der Waals surface area contributed by atoms with E-state index in [0.717, 1.165) is 13.1 Å². The lowest BCUT2D eigenvalue weighted by molar-refractivity contribution is 0.0588. The fourth-order valence-electron chi connectivity index (χ4n) is 1.13. The number of ether oxygens (including phenoxy) is 2. The van der Waals surface area contributed by atoms with E-state index < -0.39 is 5.97 Å². The maximum absolute atomic E-state index is 11.2. The quantitative estimate of drug-likeness (QED) is 0.642. The summed E-state index contributed by atoms with van der Waals surface area (Å²) in [4.78, 5) is 11.2. The maximum atomic E-state index is 11.2. The molecule has 2 N–H and O–H groups in total. The van der Waals surface area contributed by atoms with E-state index >= 15 is 0 Å². The molecule has 0 atom stereocenters. The summed E-state index contributed by atoms with van der Waals surface area (Å²) in [6, 6.07) is 0. The van der Waals surface area contributed by atoms with E-state index in [2.05, 4.69) is 20.3 Å². The second-order valence-electron chi connectivity index (χ2n) is 3.00. The number of hydrogen-bond donors (Lipinski definition) is 2. The van der Waals surface area contributed by atoms with E-state index in [-0.39, 0.29) is 6.10 Å². The number of aromatic nitrogens is 2. The fourth-order valence-corrected chi connectivity index (χ4v) is 1.13. The minimum Gasteiger partial charge on any atom is -0.471 e. The van der Waals surface area contributed by atoms with Crippen molar-refractivity contribution in [1.82, 2.24) is 15.5 Å². The molecule has 0 amide bonds. The topological polar surface area (TPSA) is 76.2 Å². The van der Waals surface area contributed by atoms with Crippen LogP contribution in [-0.2, 0) is 4.74 Å². The Morgan fingerprint density at radius 3 is 3.00 bits per heavy atom. The first-order valence-electron chi connectivity index (χ1n) is 4.30. The van der Waals surface area contributed by atoms with Gasteiger partial charge < -0.3 is 14.8 Å². The summed E-state index contributed by atoms with van der Waals surface area (Å²) in [6.45, 7) is 1.58. The highest BCUT2D eigenvalue weighted by atomic mass is 16.5. The van der Waals surface area contributed by atoms with Gasteiger partial charge >= 0.3 is 5.97 Å². The Balaban J connectivity index is 2.08. The number of carbonyl (C=O) groups is 1. The summed E-state index contributed by atoms with van der Waals surface area (Å²) in [5, 5.41) is 9.41. The standard InChI is InChI=1S/C8H11N3O3/c1-13-8(12)6-4-10-11-7(6)14-5-2-9-3-5/h4-5,9H,2-3H2,1H3,(H,10,11). The molecule has 2 rings (SSSR count).